The van der Waals surface area contributed by atoms with Gasteiger partial charge in [0, 0.05) is 43.3 Å². The topological polar surface area (TPSA) is 61.9 Å². The number of anilines is 2. The van der Waals surface area contributed by atoms with Gasteiger partial charge in [-0.1, -0.05) is 38.4 Å². The molecule has 6 nitrogen and oxygen atoms in total. The van der Waals surface area contributed by atoms with Crippen LogP contribution < -0.4 is 15.0 Å². The Morgan fingerprint density at radius 2 is 1.84 bits per heavy atom. The van der Waals surface area contributed by atoms with Gasteiger partial charge in [0.1, 0.15) is 5.75 Å². The largest absolute Gasteiger partial charge is 0.494 e. The van der Waals surface area contributed by atoms with Gasteiger partial charge in [0.25, 0.3) is 5.91 Å². The smallest absolute Gasteiger partial charge is 0.255 e. The van der Waals surface area contributed by atoms with E-state index in [1.165, 1.54) is 0 Å². The van der Waals surface area contributed by atoms with Gasteiger partial charge in [-0.2, -0.15) is 0 Å². The molecule has 0 radical (unpaired) electrons. The molecular formula is C24H30ClN3O3. The Morgan fingerprint density at radius 3 is 2.48 bits per heavy atom. The predicted octanol–water partition coefficient (Wildman–Crippen LogP) is 4.69. The number of nitrogens with one attached hydrogen (secondary N) is 1. The van der Waals surface area contributed by atoms with Gasteiger partial charge in [0.15, 0.2) is 0 Å². The third kappa shape index (κ3) is 5.91. The Hall–Kier alpha value is -2.73. The van der Waals surface area contributed by atoms with Gasteiger partial charge in [0.05, 0.1) is 17.3 Å². The molecule has 0 saturated carbocycles. The van der Waals surface area contributed by atoms with Crippen molar-refractivity contribution in [3.8, 4) is 5.75 Å². The third-order valence-corrected chi connectivity index (χ3v) is 5.50. The zero-order valence-electron chi connectivity index (χ0n) is 18.4. The molecule has 0 atom stereocenters. The Bertz CT molecular complexity index is 924. The lowest BCUT2D eigenvalue weighted by atomic mass is 10.1. The average Bonchev–Trinajstić information content (AvgIpc) is 2.77. The molecule has 7 heteroatoms. The first-order valence-electron chi connectivity index (χ1n) is 10.8. The van der Waals surface area contributed by atoms with E-state index < -0.39 is 0 Å². The summed E-state index contributed by atoms with van der Waals surface area (Å²) in [5, 5.41) is 3.47. The molecule has 0 aliphatic carbocycles. The van der Waals surface area contributed by atoms with E-state index in [9.17, 15) is 9.59 Å². The number of carbonyl (C=O) groups is 2. The minimum absolute atomic E-state index is 0.0110. The molecule has 2 amide bonds. The van der Waals surface area contributed by atoms with E-state index in [4.69, 9.17) is 16.3 Å². The summed E-state index contributed by atoms with van der Waals surface area (Å²) in [6.45, 7) is 9.32. The fourth-order valence-corrected chi connectivity index (χ4v) is 3.82. The second kappa shape index (κ2) is 10.5. The molecule has 1 aliphatic rings. The minimum Gasteiger partial charge on any atom is -0.494 e. The summed E-state index contributed by atoms with van der Waals surface area (Å²) in [4.78, 5) is 28.9. The Balaban J connectivity index is 1.62. The maximum Gasteiger partial charge on any atom is 0.255 e. The van der Waals surface area contributed by atoms with Crippen molar-refractivity contribution in [3.63, 3.8) is 0 Å². The van der Waals surface area contributed by atoms with Gasteiger partial charge in [-0.15, -0.1) is 0 Å². The number of carbonyl (C=O) groups excluding carboxylic acids is 2. The van der Waals surface area contributed by atoms with Gasteiger partial charge in [0.2, 0.25) is 5.91 Å². The van der Waals surface area contributed by atoms with Crippen LogP contribution in [0.1, 0.15) is 37.6 Å². The summed E-state index contributed by atoms with van der Waals surface area (Å²) in [6.07, 6.45) is 0.907. The highest BCUT2D eigenvalue weighted by atomic mass is 35.5. The molecule has 1 N–H and O–H groups in total. The average molecular weight is 444 g/mol. The van der Waals surface area contributed by atoms with Gasteiger partial charge in [-0.25, -0.2) is 0 Å². The van der Waals surface area contributed by atoms with Crippen LogP contribution in [0.5, 0.6) is 5.75 Å². The van der Waals surface area contributed by atoms with Crippen molar-refractivity contribution in [2.75, 3.05) is 43.0 Å². The van der Waals surface area contributed by atoms with Gasteiger partial charge < -0.3 is 19.9 Å². The molecule has 31 heavy (non-hydrogen) atoms. The van der Waals surface area contributed by atoms with E-state index in [1.807, 2.05) is 43.9 Å². The van der Waals surface area contributed by atoms with Crippen molar-refractivity contribution < 1.29 is 14.3 Å². The number of piperazine rings is 1. The first kappa shape index (κ1) is 22.9. The molecule has 2 aromatic rings. The molecule has 166 valence electrons. The quantitative estimate of drug-likeness (QED) is 0.674. The van der Waals surface area contributed by atoms with Crippen LogP contribution in [0, 0.1) is 5.92 Å². The summed E-state index contributed by atoms with van der Waals surface area (Å²) in [7, 11) is 0. The molecule has 1 heterocycles. The number of hydrogen-bond donors (Lipinski definition) is 1. The van der Waals surface area contributed by atoms with Crippen molar-refractivity contribution >= 4 is 34.8 Å². The molecule has 1 fully saturated rings. The Labute approximate surface area is 189 Å². The first-order valence-corrected chi connectivity index (χ1v) is 11.1. The summed E-state index contributed by atoms with van der Waals surface area (Å²) < 4.78 is 5.60. The number of ether oxygens (including phenoxy) is 1. The molecule has 2 aromatic carbocycles. The fourth-order valence-electron chi connectivity index (χ4n) is 3.52. The predicted molar refractivity (Wildman–Crippen MR) is 125 cm³/mol. The minimum atomic E-state index is -0.216. The lowest BCUT2D eigenvalue weighted by Crippen LogP contribution is -2.50. The normalized spacial score (nSPS) is 14.0. The molecule has 1 saturated heterocycles. The molecule has 0 bridgehead atoms. The van der Waals surface area contributed by atoms with E-state index in [1.54, 1.807) is 24.3 Å². The third-order valence-electron chi connectivity index (χ3n) is 5.20. The SMILES string of the molecule is CCCOc1cccc(C(=O)Nc2ccc(N3CCN(C(=O)C(C)C)CC3)c(Cl)c2)c1. The lowest BCUT2D eigenvalue weighted by Gasteiger charge is -2.37. The van der Waals surface area contributed by atoms with Crippen LogP contribution in [-0.2, 0) is 4.79 Å². The fraction of sp³-hybridized carbons (Fsp3) is 0.417. The zero-order chi connectivity index (χ0) is 22.4. The van der Waals surface area contributed by atoms with E-state index in [0.29, 0.717) is 41.7 Å². The van der Waals surface area contributed by atoms with Gasteiger partial charge >= 0.3 is 0 Å². The van der Waals surface area contributed by atoms with Crippen LogP contribution in [-0.4, -0.2) is 49.5 Å². The van der Waals surface area contributed by atoms with Crippen LogP contribution in [0.2, 0.25) is 5.02 Å². The highest BCUT2D eigenvalue weighted by Gasteiger charge is 2.24. The lowest BCUT2D eigenvalue weighted by molar-refractivity contribution is -0.134. The summed E-state index contributed by atoms with van der Waals surface area (Å²) >= 11 is 6.53. The molecule has 0 unspecified atom stereocenters. The summed E-state index contributed by atoms with van der Waals surface area (Å²) in [5.74, 6) is 0.662. The highest BCUT2D eigenvalue weighted by Crippen LogP contribution is 2.30. The Kier molecular flexibility index (Phi) is 7.80. The van der Waals surface area contributed by atoms with Crippen molar-refractivity contribution in [2.45, 2.75) is 27.2 Å². The first-order chi connectivity index (χ1) is 14.9. The van der Waals surface area contributed by atoms with E-state index in [-0.39, 0.29) is 17.7 Å². The standard InChI is InChI=1S/C24H30ClN3O3/c1-4-14-31-20-7-5-6-18(15-20)23(29)26-19-8-9-22(21(25)16-19)27-10-12-28(13-11-27)24(30)17(2)3/h5-9,15-17H,4,10-14H2,1-3H3,(H,26,29). The van der Waals surface area contributed by atoms with Crippen LogP contribution in [0.15, 0.2) is 42.5 Å². The number of hydrogen-bond acceptors (Lipinski definition) is 4. The van der Waals surface area contributed by atoms with Gasteiger partial charge in [-0.3, -0.25) is 9.59 Å². The van der Waals surface area contributed by atoms with Crippen LogP contribution in [0.4, 0.5) is 11.4 Å². The van der Waals surface area contributed by atoms with Crippen molar-refractivity contribution in [1.82, 2.24) is 4.90 Å². The maximum atomic E-state index is 12.6. The van der Waals surface area contributed by atoms with E-state index >= 15 is 0 Å². The second-order valence-electron chi connectivity index (χ2n) is 7.96. The van der Waals surface area contributed by atoms with Crippen LogP contribution in [0.25, 0.3) is 0 Å². The van der Waals surface area contributed by atoms with E-state index in [2.05, 4.69) is 10.2 Å². The van der Waals surface area contributed by atoms with E-state index in [0.717, 1.165) is 25.2 Å². The highest BCUT2D eigenvalue weighted by molar-refractivity contribution is 6.33. The number of rotatable bonds is 7. The van der Waals surface area contributed by atoms with Crippen molar-refractivity contribution in [3.05, 3.63) is 53.1 Å². The number of nitrogens with zero attached hydrogens (tertiary/aromatic N) is 2. The van der Waals surface area contributed by atoms with Gasteiger partial charge in [-0.05, 0) is 42.8 Å². The monoisotopic (exact) mass is 443 g/mol. The van der Waals surface area contributed by atoms with Crippen LogP contribution in [0.3, 0.4) is 0 Å². The molecule has 3 rings (SSSR count). The summed E-state index contributed by atoms with van der Waals surface area (Å²) in [5.41, 5.74) is 2.07. The molecule has 0 spiro atoms. The van der Waals surface area contributed by atoms with Crippen LogP contribution >= 0.6 is 11.6 Å². The molecular weight excluding hydrogens is 414 g/mol. The van der Waals surface area contributed by atoms with Crippen molar-refractivity contribution in [2.24, 2.45) is 5.92 Å². The number of halogens is 1. The molecule has 1 aliphatic heterocycles. The zero-order valence-corrected chi connectivity index (χ0v) is 19.1. The second-order valence-corrected chi connectivity index (χ2v) is 8.37. The number of amides is 2. The van der Waals surface area contributed by atoms with Crippen molar-refractivity contribution in [1.29, 1.82) is 0 Å². The summed E-state index contributed by atoms with van der Waals surface area (Å²) in [6, 6.07) is 12.7. The number of benzene rings is 2. The Morgan fingerprint density at radius 1 is 1.10 bits per heavy atom. The molecule has 0 aromatic heterocycles. The maximum absolute atomic E-state index is 12.6.